The maximum absolute atomic E-state index is 13.1. The van der Waals surface area contributed by atoms with Gasteiger partial charge in [0.15, 0.2) is 11.5 Å². The number of Topliss-reactive ketones (excluding diaryl/α,β-unsaturated/α-hetero) is 1. The first-order chi connectivity index (χ1) is 17.7. The van der Waals surface area contributed by atoms with Gasteiger partial charge in [0.2, 0.25) is 9.84 Å². The van der Waals surface area contributed by atoms with Gasteiger partial charge in [-0.15, -0.1) is 11.3 Å². The summed E-state index contributed by atoms with van der Waals surface area (Å²) in [6.45, 7) is 0.180. The van der Waals surface area contributed by atoms with Crippen LogP contribution in [0.4, 0.5) is 4.79 Å². The second-order valence-electron chi connectivity index (χ2n) is 8.04. The quantitative estimate of drug-likeness (QED) is 0.395. The summed E-state index contributed by atoms with van der Waals surface area (Å²) >= 11 is 1.32. The molecule has 10 nitrogen and oxygen atoms in total. The Hall–Kier alpha value is -4.42. The van der Waals surface area contributed by atoms with E-state index >= 15 is 0 Å². The van der Waals surface area contributed by atoms with Gasteiger partial charge in [0.1, 0.15) is 5.01 Å². The normalized spacial score (nSPS) is 13.7. The van der Waals surface area contributed by atoms with Gasteiger partial charge in [-0.25, -0.2) is 23.2 Å². The molecule has 2 amide bonds. The van der Waals surface area contributed by atoms with Crippen molar-refractivity contribution in [2.24, 2.45) is 5.73 Å². The van der Waals surface area contributed by atoms with Gasteiger partial charge in [0, 0.05) is 28.6 Å². The Morgan fingerprint density at radius 2 is 1.84 bits per heavy atom. The number of aromatic nitrogens is 2. The lowest BCUT2D eigenvalue weighted by Crippen LogP contribution is -2.22. The molecule has 5 rings (SSSR count). The monoisotopic (exact) mass is 534 g/mol. The molecule has 12 heteroatoms. The lowest BCUT2D eigenvalue weighted by Gasteiger charge is -2.09. The fourth-order valence-corrected chi connectivity index (χ4v) is 6.42. The maximum atomic E-state index is 13.1. The molecule has 0 saturated carbocycles. The summed E-state index contributed by atoms with van der Waals surface area (Å²) in [7, 11) is -3.90. The van der Waals surface area contributed by atoms with Crippen molar-refractivity contribution in [3.05, 3.63) is 88.6 Å². The molecule has 2 aromatic carbocycles. The number of benzene rings is 2. The van der Waals surface area contributed by atoms with Crippen LogP contribution >= 0.6 is 11.3 Å². The van der Waals surface area contributed by atoms with E-state index in [1.807, 2.05) is 0 Å². The van der Waals surface area contributed by atoms with Crippen molar-refractivity contribution in [3.8, 4) is 16.5 Å². The van der Waals surface area contributed by atoms with E-state index in [4.69, 9.17) is 10.5 Å². The highest BCUT2D eigenvalue weighted by molar-refractivity contribution is 7.91. The second-order valence-corrected chi connectivity index (χ2v) is 11.0. The number of carbonyl (C=O) groups is 3. The summed E-state index contributed by atoms with van der Waals surface area (Å²) in [6, 6.07) is 13.5. The number of hydrogen-bond acceptors (Lipinski definition) is 9. The third-order valence-corrected chi connectivity index (χ3v) is 8.52. The van der Waals surface area contributed by atoms with Crippen molar-refractivity contribution in [2.45, 2.75) is 22.8 Å². The number of ketones is 1. The molecule has 0 fully saturated rings. The Morgan fingerprint density at radius 1 is 1.03 bits per heavy atom. The fraction of sp³-hybridized carbons (Fsp3) is 0.0800. The third-order valence-electron chi connectivity index (χ3n) is 5.59. The third kappa shape index (κ3) is 4.84. The fourth-order valence-electron chi connectivity index (χ4n) is 3.90. The molecule has 0 saturated heterocycles. The van der Waals surface area contributed by atoms with Crippen LogP contribution < -0.4 is 15.8 Å². The Kier molecular flexibility index (Phi) is 6.27. The van der Waals surface area contributed by atoms with Crippen LogP contribution in [0, 0.1) is 0 Å². The molecular formula is C25H18N4O6S2. The van der Waals surface area contributed by atoms with E-state index in [9.17, 15) is 22.8 Å². The van der Waals surface area contributed by atoms with Gasteiger partial charge in [0.25, 0.3) is 5.91 Å². The summed E-state index contributed by atoms with van der Waals surface area (Å²) in [5.41, 5.74) is 6.20. The number of ether oxygens (including phenoxy) is 1. The van der Waals surface area contributed by atoms with Gasteiger partial charge in [-0.3, -0.25) is 9.59 Å². The molecule has 3 N–H and O–H groups in total. The van der Waals surface area contributed by atoms with E-state index in [0.717, 1.165) is 4.88 Å². The van der Waals surface area contributed by atoms with Crippen LogP contribution in [0.2, 0.25) is 0 Å². The average Bonchev–Trinajstić information content (AvgIpc) is 3.33. The molecule has 37 heavy (non-hydrogen) atoms. The summed E-state index contributed by atoms with van der Waals surface area (Å²) in [5.74, 6) is -0.537. The van der Waals surface area contributed by atoms with Gasteiger partial charge in [-0.2, -0.15) is 0 Å². The van der Waals surface area contributed by atoms with E-state index < -0.39 is 21.8 Å². The minimum atomic E-state index is -3.90. The highest BCUT2D eigenvalue weighted by Crippen LogP contribution is 2.32. The van der Waals surface area contributed by atoms with Crippen molar-refractivity contribution in [1.82, 2.24) is 15.3 Å². The topological polar surface area (TPSA) is 158 Å². The molecule has 3 heterocycles. The zero-order valence-corrected chi connectivity index (χ0v) is 20.6. The molecule has 186 valence electrons. The number of carbonyl (C=O) groups excluding carboxylic acids is 3. The van der Waals surface area contributed by atoms with Crippen molar-refractivity contribution in [1.29, 1.82) is 0 Å². The SMILES string of the molecule is NC(=O)Oc1ccc(-c2ncc(CNC(=O)c3ccc4c(c3)CC(=O)c3ccccc3S4(=O)=O)s2)nc1. The number of primary amides is 1. The number of thiazole rings is 1. The average molecular weight is 535 g/mol. The first-order valence-corrected chi connectivity index (χ1v) is 13.2. The second kappa shape index (κ2) is 9.56. The Balaban J connectivity index is 1.30. The molecule has 1 aliphatic heterocycles. The predicted octanol–water partition coefficient (Wildman–Crippen LogP) is 3.16. The van der Waals surface area contributed by atoms with Crippen LogP contribution in [0.25, 0.3) is 10.7 Å². The number of nitrogens with two attached hydrogens (primary N) is 1. The largest absolute Gasteiger partial charge is 0.410 e. The molecule has 4 aromatic rings. The van der Waals surface area contributed by atoms with Gasteiger partial charge in [0.05, 0.1) is 28.2 Å². The van der Waals surface area contributed by atoms with E-state index in [1.54, 1.807) is 24.4 Å². The molecule has 1 aliphatic rings. The first-order valence-electron chi connectivity index (χ1n) is 10.9. The predicted molar refractivity (Wildman–Crippen MR) is 133 cm³/mol. The highest BCUT2D eigenvalue weighted by Gasteiger charge is 2.31. The van der Waals surface area contributed by atoms with Crippen molar-refractivity contribution in [2.75, 3.05) is 0 Å². The van der Waals surface area contributed by atoms with Crippen molar-refractivity contribution in [3.63, 3.8) is 0 Å². The lowest BCUT2D eigenvalue weighted by atomic mass is 10.0. The van der Waals surface area contributed by atoms with E-state index in [2.05, 4.69) is 15.3 Å². The summed E-state index contributed by atoms with van der Waals surface area (Å²) < 4.78 is 31.0. The number of sulfone groups is 1. The molecule has 0 spiro atoms. The minimum absolute atomic E-state index is 0.0224. The molecule has 0 bridgehead atoms. The zero-order valence-electron chi connectivity index (χ0n) is 19.0. The first kappa shape index (κ1) is 24.3. The molecule has 0 atom stereocenters. The van der Waals surface area contributed by atoms with Crippen molar-refractivity contribution >= 4 is 39.0 Å². The summed E-state index contributed by atoms with van der Waals surface area (Å²) in [5, 5.41) is 3.39. The van der Waals surface area contributed by atoms with Gasteiger partial charge < -0.3 is 15.8 Å². The molecule has 0 unspecified atom stereocenters. The molecule has 0 radical (unpaired) electrons. The number of nitrogens with zero attached hydrogens (tertiary/aromatic N) is 2. The van der Waals surface area contributed by atoms with Gasteiger partial charge in [-0.05, 0) is 42.0 Å². The Morgan fingerprint density at radius 3 is 2.59 bits per heavy atom. The molecule has 0 aliphatic carbocycles. The molecule has 2 aromatic heterocycles. The highest BCUT2D eigenvalue weighted by atomic mass is 32.2. The number of rotatable bonds is 5. The maximum Gasteiger partial charge on any atom is 0.410 e. The van der Waals surface area contributed by atoms with Crippen LogP contribution in [0.3, 0.4) is 0 Å². The van der Waals surface area contributed by atoms with Crippen LogP contribution in [0.5, 0.6) is 5.75 Å². The lowest BCUT2D eigenvalue weighted by molar-refractivity contribution is 0.0948. The number of hydrogen-bond donors (Lipinski definition) is 2. The Labute approximate surface area is 215 Å². The number of amides is 2. The standard InChI is InChI=1S/C25H18N4O6S2/c26-25(32)35-16-6-7-19(27-11-16)24-29-13-17(36-24)12-28-23(31)14-5-8-21-15(9-14)10-20(30)18-3-1-2-4-22(18)37(21,33)34/h1-9,11,13H,10,12H2,(H2,26,32)(H,28,31). The van der Waals surface area contributed by atoms with Crippen LogP contribution in [-0.4, -0.2) is 36.2 Å². The zero-order chi connectivity index (χ0) is 26.2. The van der Waals surface area contributed by atoms with Crippen LogP contribution in [0.15, 0.2) is 76.8 Å². The van der Waals surface area contributed by atoms with Gasteiger partial charge in [-0.1, -0.05) is 18.2 Å². The van der Waals surface area contributed by atoms with E-state index in [1.165, 1.54) is 53.9 Å². The summed E-state index contributed by atoms with van der Waals surface area (Å²) in [4.78, 5) is 45.6. The smallest absolute Gasteiger partial charge is 0.409 e. The van der Waals surface area contributed by atoms with Crippen molar-refractivity contribution < 1.29 is 27.5 Å². The van der Waals surface area contributed by atoms with E-state index in [0.29, 0.717) is 10.7 Å². The van der Waals surface area contributed by atoms with Crippen LogP contribution in [-0.2, 0) is 22.8 Å². The van der Waals surface area contributed by atoms with Crippen LogP contribution in [0.1, 0.15) is 31.2 Å². The minimum Gasteiger partial charge on any atom is -0.409 e. The Bertz CT molecular complexity index is 1660. The van der Waals surface area contributed by atoms with Gasteiger partial charge >= 0.3 is 6.09 Å². The molecular weight excluding hydrogens is 516 g/mol. The number of fused-ring (bicyclic) bond motifs is 2. The summed E-state index contributed by atoms with van der Waals surface area (Å²) in [6.07, 6.45) is 1.90. The van der Waals surface area contributed by atoms with E-state index in [-0.39, 0.29) is 51.0 Å². The number of pyridine rings is 1. The number of nitrogens with one attached hydrogen (secondary N) is 1.